The quantitative estimate of drug-likeness (QED) is 0.618. The van der Waals surface area contributed by atoms with Crippen molar-refractivity contribution >= 4 is 17.3 Å². The molecule has 0 heterocycles. The van der Waals surface area contributed by atoms with E-state index in [0.717, 1.165) is 6.07 Å². The number of nitrogens with zero attached hydrogens (tertiary/aromatic N) is 1. The topological polar surface area (TPSA) is 98.3 Å². The second-order valence-corrected chi connectivity index (χ2v) is 4.09. The van der Waals surface area contributed by atoms with Crippen molar-refractivity contribution in [3.63, 3.8) is 0 Å². The largest absolute Gasteiger partial charge is 0.377 e. The van der Waals surface area contributed by atoms with Gasteiger partial charge in [0.1, 0.15) is 11.5 Å². The van der Waals surface area contributed by atoms with Crippen molar-refractivity contribution in [2.45, 2.75) is 26.3 Å². The summed E-state index contributed by atoms with van der Waals surface area (Å²) in [5.74, 6) is -1.16. The van der Waals surface area contributed by atoms with Crippen molar-refractivity contribution in [2.24, 2.45) is 5.73 Å². The summed E-state index contributed by atoms with van der Waals surface area (Å²) in [5, 5.41) is 13.6. The van der Waals surface area contributed by atoms with E-state index in [2.05, 4.69) is 5.32 Å². The van der Waals surface area contributed by atoms with E-state index in [1.54, 1.807) is 6.92 Å². The third kappa shape index (κ3) is 3.41. The minimum atomic E-state index is -0.679. The van der Waals surface area contributed by atoms with Gasteiger partial charge in [0, 0.05) is 12.5 Å². The van der Waals surface area contributed by atoms with E-state index < -0.39 is 16.6 Å². The monoisotopic (exact) mass is 255 g/mol. The molecule has 1 atom stereocenters. The highest BCUT2D eigenvalue weighted by Crippen LogP contribution is 2.28. The van der Waals surface area contributed by atoms with Crippen LogP contribution in [0.4, 0.5) is 15.8 Å². The summed E-state index contributed by atoms with van der Waals surface area (Å²) in [5.41, 5.74) is 5.12. The number of hydrogen-bond donors (Lipinski definition) is 2. The Morgan fingerprint density at radius 3 is 2.72 bits per heavy atom. The number of nitrogens with two attached hydrogens (primary N) is 1. The second-order valence-electron chi connectivity index (χ2n) is 4.09. The van der Waals surface area contributed by atoms with Crippen molar-refractivity contribution in [3.8, 4) is 0 Å². The van der Waals surface area contributed by atoms with Gasteiger partial charge in [-0.3, -0.25) is 14.9 Å². The zero-order valence-electron chi connectivity index (χ0n) is 10.1. The summed E-state index contributed by atoms with van der Waals surface area (Å²) in [7, 11) is 0. The Morgan fingerprint density at radius 1 is 1.61 bits per heavy atom. The molecule has 0 aromatic heterocycles. The van der Waals surface area contributed by atoms with Gasteiger partial charge in [-0.1, -0.05) is 0 Å². The van der Waals surface area contributed by atoms with E-state index in [4.69, 9.17) is 5.73 Å². The first-order valence-corrected chi connectivity index (χ1v) is 5.30. The fourth-order valence-electron chi connectivity index (χ4n) is 1.56. The van der Waals surface area contributed by atoms with Crippen LogP contribution in [0.15, 0.2) is 12.1 Å². The van der Waals surface area contributed by atoms with Gasteiger partial charge in [-0.05, 0) is 25.5 Å². The van der Waals surface area contributed by atoms with E-state index in [9.17, 15) is 19.3 Å². The number of nitro benzene ring substituents is 1. The number of aryl methyl sites for hydroxylation is 1. The Hall–Kier alpha value is -2.18. The Morgan fingerprint density at radius 2 is 2.22 bits per heavy atom. The highest BCUT2D eigenvalue weighted by atomic mass is 19.1. The molecule has 6 nitrogen and oxygen atoms in total. The molecule has 0 bridgehead atoms. The second kappa shape index (κ2) is 5.44. The van der Waals surface area contributed by atoms with Crippen LogP contribution >= 0.6 is 0 Å². The van der Waals surface area contributed by atoms with Gasteiger partial charge in [0.15, 0.2) is 0 Å². The molecule has 1 unspecified atom stereocenters. The number of nitro groups is 1. The molecule has 0 saturated carbocycles. The first kappa shape index (κ1) is 13.9. The Labute approximate surface area is 103 Å². The molecule has 1 aromatic rings. The molecule has 3 N–H and O–H groups in total. The van der Waals surface area contributed by atoms with Crippen LogP contribution in [0.2, 0.25) is 0 Å². The van der Waals surface area contributed by atoms with Crippen LogP contribution in [-0.2, 0) is 4.79 Å². The summed E-state index contributed by atoms with van der Waals surface area (Å²) < 4.78 is 13.3. The SMILES string of the molecule is Cc1cc(NC(C)CC(N)=O)c([N+](=O)[O-])cc1F. The number of primary amides is 1. The van der Waals surface area contributed by atoms with Gasteiger partial charge in [0.25, 0.3) is 5.69 Å². The smallest absolute Gasteiger partial charge is 0.295 e. The number of nitrogens with one attached hydrogen (secondary N) is 1. The maximum absolute atomic E-state index is 13.3. The van der Waals surface area contributed by atoms with E-state index in [1.807, 2.05) is 0 Å². The molecule has 1 amide bonds. The Bertz CT molecular complexity index is 491. The van der Waals surface area contributed by atoms with Crippen LogP contribution in [0.3, 0.4) is 0 Å². The fraction of sp³-hybridized carbons (Fsp3) is 0.364. The minimum absolute atomic E-state index is 0.0353. The third-order valence-corrected chi connectivity index (χ3v) is 2.38. The summed E-state index contributed by atoms with van der Waals surface area (Å²) in [6, 6.07) is 1.82. The number of rotatable bonds is 5. The van der Waals surface area contributed by atoms with E-state index in [0.29, 0.717) is 0 Å². The van der Waals surface area contributed by atoms with E-state index in [-0.39, 0.29) is 29.4 Å². The number of benzene rings is 1. The van der Waals surface area contributed by atoms with Crippen LogP contribution in [0.5, 0.6) is 0 Å². The first-order valence-electron chi connectivity index (χ1n) is 5.30. The lowest BCUT2D eigenvalue weighted by atomic mass is 10.1. The van der Waals surface area contributed by atoms with Gasteiger partial charge in [-0.15, -0.1) is 0 Å². The number of carbonyl (C=O) groups is 1. The van der Waals surface area contributed by atoms with Gasteiger partial charge in [0.05, 0.1) is 11.0 Å². The molecule has 1 aromatic carbocycles. The Kier molecular flexibility index (Phi) is 4.19. The lowest BCUT2D eigenvalue weighted by Gasteiger charge is -2.14. The van der Waals surface area contributed by atoms with Crippen molar-refractivity contribution in [1.29, 1.82) is 0 Å². The fourth-order valence-corrected chi connectivity index (χ4v) is 1.56. The molecule has 0 aliphatic rings. The molecule has 0 aliphatic heterocycles. The summed E-state index contributed by atoms with van der Waals surface area (Å²) in [6.45, 7) is 3.16. The maximum atomic E-state index is 13.3. The summed E-state index contributed by atoms with van der Waals surface area (Å²) in [6.07, 6.45) is 0.0353. The van der Waals surface area contributed by atoms with Gasteiger partial charge in [0.2, 0.25) is 5.91 Å². The normalized spacial score (nSPS) is 11.9. The molecule has 0 fully saturated rings. The lowest BCUT2D eigenvalue weighted by molar-refractivity contribution is -0.384. The molecule has 7 heteroatoms. The average molecular weight is 255 g/mol. The molecular formula is C11H14FN3O3. The highest BCUT2D eigenvalue weighted by molar-refractivity contribution is 5.75. The number of hydrogen-bond acceptors (Lipinski definition) is 4. The summed E-state index contributed by atoms with van der Waals surface area (Å²) in [4.78, 5) is 20.8. The molecule has 0 aliphatic carbocycles. The predicted octanol–water partition coefficient (Wildman–Crippen LogP) is 1.72. The zero-order valence-corrected chi connectivity index (χ0v) is 10.1. The number of carbonyl (C=O) groups excluding carboxylic acids is 1. The first-order chi connectivity index (χ1) is 8.31. The van der Waals surface area contributed by atoms with Crippen molar-refractivity contribution < 1.29 is 14.1 Å². The van der Waals surface area contributed by atoms with Gasteiger partial charge in [-0.2, -0.15) is 0 Å². The highest BCUT2D eigenvalue weighted by Gasteiger charge is 2.18. The zero-order chi connectivity index (χ0) is 13.9. The van der Waals surface area contributed by atoms with Crippen LogP contribution in [0.25, 0.3) is 0 Å². The van der Waals surface area contributed by atoms with Crippen molar-refractivity contribution in [2.75, 3.05) is 5.32 Å². The van der Waals surface area contributed by atoms with E-state index >= 15 is 0 Å². The minimum Gasteiger partial charge on any atom is -0.377 e. The van der Waals surface area contributed by atoms with E-state index in [1.165, 1.54) is 13.0 Å². The molecule has 0 spiro atoms. The third-order valence-electron chi connectivity index (χ3n) is 2.38. The van der Waals surface area contributed by atoms with Crippen LogP contribution in [0, 0.1) is 22.9 Å². The molecule has 1 rings (SSSR count). The van der Waals surface area contributed by atoms with Crippen LogP contribution < -0.4 is 11.1 Å². The molecule has 18 heavy (non-hydrogen) atoms. The number of halogens is 1. The standard InChI is InChI=1S/C11H14FN3O3/c1-6-3-9(14-7(2)4-11(13)16)10(15(17)18)5-8(6)12/h3,5,7,14H,4H2,1-2H3,(H2,13,16). The maximum Gasteiger partial charge on any atom is 0.295 e. The molecular weight excluding hydrogens is 241 g/mol. The van der Waals surface area contributed by atoms with Gasteiger partial charge < -0.3 is 11.1 Å². The summed E-state index contributed by atoms with van der Waals surface area (Å²) >= 11 is 0. The predicted molar refractivity (Wildman–Crippen MR) is 64.7 cm³/mol. The average Bonchev–Trinajstić information content (AvgIpc) is 2.21. The van der Waals surface area contributed by atoms with Crippen LogP contribution in [0.1, 0.15) is 18.9 Å². The van der Waals surface area contributed by atoms with Crippen LogP contribution in [-0.4, -0.2) is 16.9 Å². The number of amides is 1. The van der Waals surface area contributed by atoms with Gasteiger partial charge in [-0.25, -0.2) is 4.39 Å². The van der Waals surface area contributed by atoms with Gasteiger partial charge >= 0.3 is 0 Å². The molecule has 98 valence electrons. The Balaban J connectivity index is 3.03. The lowest BCUT2D eigenvalue weighted by Crippen LogP contribution is -2.24. The number of anilines is 1. The molecule has 0 radical (unpaired) electrons. The van der Waals surface area contributed by atoms with Crippen molar-refractivity contribution in [1.82, 2.24) is 0 Å². The molecule has 0 saturated heterocycles. The van der Waals surface area contributed by atoms with Crippen molar-refractivity contribution in [3.05, 3.63) is 33.6 Å².